The van der Waals surface area contributed by atoms with E-state index in [0.29, 0.717) is 37.0 Å². The molecule has 0 unspecified atom stereocenters. The van der Waals surface area contributed by atoms with Crippen LogP contribution in [0.3, 0.4) is 0 Å². The predicted octanol–water partition coefficient (Wildman–Crippen LogP) is 1.79. The monoisotopic (exact) mass is 409 g/mol. The van der Waals surface area contributed by atoms with Crippen molar-refractivity contribution >= 4 is 27.0 Å². The first-order chi connectivity index (χ1) is 13.2. The molecular formula is C19H27N3O5S. The third-order valence-electron chi connectivity index (χ3n) is 4.99. The number of fused-ring (bicyclic) bond motifs is 1. The number of sulfonamides is 1. The fourth-order valence-electron chi connectivity index (χ4n) is 3.77. The lowest BCUT2D eigenvalue weighted by molar-refractivity contribution is -0.121. The summed E-state index contributed by atoms with van der Waals surface area (Å²) in [5, 5.41) is 2.71. The number of aromatic nitrogens is 1. The molecule has 0 radical (unpaired) electrons. The largest absolute Gasteiger partial charge is 0.420 e. The van der Waals surface area contributed by atoms with Crippen LogP contribution in [-0.2, 0) is 21.4 Å². The highest BCUT2D eigenvalue weighted by Crippen LogP contribution is 2.28. The average molecular weight is 410 g/mol. The smallest absolute Gasteiger partial charge is 0.408 e. The van der Waals surface area contributed by atoms with Crippen LogP contribution in [-0.4, -0.2) is 42.8 Å². The second-order valence-corrected chi connectivity index (χ2v) is 9.64. The first-order valence-electron chi connectivity index (χ1n) is 9.62. The van der Waals surface area contributed by atoms with E-state index in [9.17, 15) is 18.0 Å². The summed E-state index contributed by atoms with van der Waals surface area (Å²) in [7, 11) is -3.68. The van der Waals surface area contributed by atoms with Gasteiger partial charge in [-0.3, -0.25) is 9.36 Å². The van der Waals surface area contributed by atoms with Gasteiger partial charge in [0, 0.05) is 25.7 Å². The van der Waals surface area contributed by atoms with Gasteiger partial charge in [-0.05, 0) is 36.8 Å². The number of nitrogens with one attached hydrogen (secondary N) is 1. The first kappa shape index (κ1) is 20.6. The molecule has 3 rings (SSSR count). The highest BCUT2D eigenvalue weighted by molar-refractivity contribution is 7.89. The van der Waals surface area contributed by atoms with Crippen LogP contribution in [0.1, 0.15) is 33.6 Å². The zero-order valence-electron chi connectivity index (χ0n) is 16.5. The van der Waals surface area contributed by atoms with Gasteiger partial charge >= 0.3 is 5.76 Å². The number of hydrogen-bond donors (Lipinski definition) is 1. The molecule has 0 aliphatic carbocycles. The van der Waals surface area contributed by atoms with Crippen LogP contribution in [0.5, 0.6) is 0 Å². The minimum atomic E-state index is -3.68. The van der Waals surface area contributed by atoms with E-state index >= 15 is 0 Å². The summed E-state index contributed by atoms with van der Waals surface area (Å²) in [6, 6.07) is 4.37. The number of benzene rings is 1. The Morgan fingerprint density at radius 1 is 1.25 bits per heavy atom. The number of carbonyl (C=O) groups is 1. The second kappa shape index (κ2) is 8.08. The predicted molar refractivity (Wildman–Crippen MR) is 105 cm³/mol. The molecule has 1 aliphatic heterocycles. The molecule has 0 spiro atoms. The highest BCUT2D eigenvalue weighted by Gasteiger charge is 2.32. The van der Waals surface area contributed by atoms with Gasteiger partial charge in [0.15, 0.2) is 5.58 Å². The lowest BCUT2D eigenvalue weighted by Crippen LogP contribution is -2.42. The Morgan fingerprint density at radius 3 is 2.57 bits per heavy atom. The number of piperidine rings is 1. The van der Waals surface area contributed by atoms with Crippen LogP contribution < -0.4 is 11.1 Å². The van der Waals surface area contributed by atoms with E-state index in [2.05, 4.69) is 5.32 Å². The van der Waals surface area contributed by atoms with Gasteiger partial charge in [-0.2, -0.15) is 4.31 Å². The Labute approximate surface area is 164 Å². The minimum Gasteiger partial charge on any atom is -0.408 e. The summed E-state index contributed by atoms with van der Waals surface area (Å²) >= 11 is 0. The van der Waals surface area contributed by atoms with Crippen LogP contribution in [0.25, 0.3) is 11.1 Å². The molecule has 9 heteroatoms. The summed E-state index contributed by atoms with van der Waals surface area (Å²) in [6.45, 7) is 7.35. The van der Waals surface area contributed by atoms with Crippen LogP contribution in [0.4, 0.5) is 0 Å². The Morgan fingerprint density at radius 2 is 1.93 bits per heavy atom. The Hall–Kier alpha value is -2.13. The van der Waals surface area contributed by atoms with E-state index < -0.39 is 15.8 Å². The molecule has 1 N–H and O–H groups in total. The normalized spacial score (nSPS) is 21.1. The molecule has 0 saturated carbocycles. The molecule has 8 nitrogen and oxygen atoms in total. The molecule has 2 atom stereocenters. The maximum absolute atomic E-state index is 13.0. The molecular weight excluding hydrogens is 382 g/mol. The van der Waals surface area contributed by atoms with Crippen molar-refractivity contribution < 1.29 is 17.6 Å². The third-order valence-corrected chi connectivity index (χ3v) is 6.81. The molecule has 2 aromatic rings. The summed E-state index contributed by atoms with van der Waals surface area (Å²) in [6.07, 6.45) is 1.80. The average Bonchev–Trinajstić information content (AvgIpc) is 2.93. The van der Waals surface area contributed by atoms with Crippen LogP contribution in [0.2, 0.25) is 0 Å². The van der Waals surface area contributed by atoms with Crippen molar-refractivity contribution in [2.24, 2.45) is 11.8 Å². The van der Waals surface area contributed by atoms with Crippen molar-refractivity contribution in [2.45, 2.75) is 45.1 Å². The van der Waals surface area contributed by atoms with Crippen molar-refractivity contribution in [3.63, 3.8) is 0 Å². The van der Waals surface area contributed by atoms with Crippen LogP contribution in [0.15, 0.2) is 32.3 Å². The molecule has 154 valence electrons. The van der Waals surface area contributed by atoms with Gasteiger partial charge in [-0.15, -0.1) is 0 Å². The van der Waals surface area contributed by atoms with Gasteiger partial charge in [-0.25, -0.2) is 13.2 Å². The number of rotatable bonds is 6. The summed E-state index contributed by atoms with van der Waals surface area (Å²) in [4.78, 5) is 24.2. The van der Waals surface area contributed by atoms with Gasteiger partial charge in [0.05, 0.1) is 10.4 Å². The number of oxazole rings is 1. The Balaban J connectivity index is 1.91. The fourth-order valence-corrected chi connectivity index (χ4v) is 5.47. The quantitative estimate of drug-likeness (QED) is 0.784. The molecule has 1 aliphatic rings. The van der Waals surface area contributed by atoms with E-state index in [0.717, 1.165) is 12.8 Å². The Bertz CT molecular complexity index is 1010. The van der Waals surface area contributed by atoms with E-state index in [4.69, 9.17) is 4.42 Å². The van der Waals surface area contributed by atoms with Crippen molar-refractivity contribution in [1.82, 2.24) is 14.2 Å². The van der Waals surface area contributed by atoms with Crippen molar-refractivity contribution in [3.8, 4) is 0 Å². The first-order valence-corrected chi connectivity index (χ1v) is 11.1. The highest BCUT2D eigenvalue weighted by atomic mass is 32.2. The van der Waals surface area contributed by atoms with Gasteiger partial charge in [-0.1, -0.05) is 20.8 Å². The topological polar surface area (TPSA) is 102 Å². The van der Waals surface area contributed by atoms with Crippen molar-refractivity contribution in [3.05, 3.63) is 28.7 Å². The molecule has 2 heterocycles. The standard InChI is InChI=1S/C19H27N3O5S/c1-4-7-20-18(23)12-22-16-6-5-15(9-17(16)27-19(22)24)28(25,26)21-10-13(2)8-14(3)11-21/h5-6,9,13-14H,4,7-8,10-12H2,1-3H3,(H,20,23)/t13-,14-/m1/s1. The number of hydrogen-bond acceptors (Lipinski definition) is 5. The van der Waals surface area contributed by atoms with E-state index in [1.807, 2.05) is 20.8 Å². The third kappa shape index (κ3) is 4.15. The maximum Gasteiger partial charge on any atom is 0.420 e. The number of nitrogens with zero attached hydrogens (tertiary/aromatic N) is 2. The SMILES string of the molecule is CCCNC(=O)Cn1c(=O)oc2cc(S(=O)(=O)N3C[C@H](C)C[C@@H](C)C3)ccc21. The lowest BCUT2D eigenvalue weighted by atomic mass is 9.94. The van der Waals surface area contributed by atoms with Gasteiger partial charge in [0.2, 0.25) is 15.9 Å². The zero-order chi connectivity index (χ0) is 20.5. The van der Waals surface area contributed by atoms with Crippen LogP contribution in [0, 0.1) is 11.8 Å². The molecule has 1 fully saturated rings. The summed E-state index contributed by atoms with van der Waals surface area (Å²) in [5.74, 6) is -0.387. The van der Waals surface area contributed by atoms with E-state index in [-0.39, 0.29) is 22.9 Å². The van der Waals surface area contributed by atoms with Gasteiger partial charge < -0.3 is 9.73 Å². The van der Waals surface area contributed by atoms with Gasteiger partial charge in [0.1, 0.15) is 6.54 Å². The van der Waals surface area contributed by atoms with Crippen molar-refractivity contribution in [2.75, 3.05) is 19.6 Å². The maximum atomic E-state index is 13.0. The van der Waals surface area contributed by atoms with Crippen molar-refractivity contribution in [1.29, 1.82) is 0 Å². The Kier molecular flexibility index (Phi) is 5.95. The van der Waals surface area contributed by atoms with Gasteiger partial charge in [0.25, 0.3) is 0 Å². The number of amides is 1. The zero-order valence-corrected chi connectivity index (χ0v) is 17.3. The van der Waals surface area contributed by atoms with E-state index in [1.165, 1.54) is 27.1 Å². The molecule has 1 aromatic carbocycles. The summed E-state index contributed by atoms with van der Waals surface area (Å²) in [5.41, 5.74) is 0.559. The molecule has 28 heavy (non-hydrogen) atoms. The van der Waals surface area contributed by atoms with E-state index in [1.54, 1.807) is 0 Å². The molecule has 1 saturated heterocycles. The number of carbonyl (C=O) groups excluding carboxylic acids is 1. The summed E-state index contributed by atoms with van der Waals surface area (Å²) < 4.78 is 34.0. The lowest BCUT2D eigenvalue weighted by Gasteiger charge is -2.34. The molecule has 0 bridgehead atoms. The van der Waals surface area contributed by atoms with Crippen LogP contribution >= 0.6 is 0 Å². The molecule has 1 aromatic heterocycles. The fraction of sp³-hybridized carbons (Fsp3) is 0.579. The molecule has 1 amide bonds. The minimum absolute atomic E-state index is 0.0950. The second-order valence-electron chi connectivity index (χ2n) is 7.70.